The molecule has 0 unspecified atom stereocenters. The fourth-order valence-electron chi connectivity index (χ4n) is 3.57. The van der Waals surface area contributed by atoms with E-state index < -0.39 is 35.4 Å². The number of likely N-dealkylation sites (tertiary alicyclic amines) is 1. The number of halogens is 5. The van der Waals surface area contributed by atoms with Gasteiger partial charge in [0, 0.05) is 28.7 Å². The fraction of sp³-hybridized carbons (Fsp3) is 0.412. The molecule has 0 atom stereocenters. The number of hydrogen-bond acceptors (Lipinski definition) is 5. The van der Waals surface area contributed by atoms with Crippen LogP contribution in [0.2, 0.25) is 0 Å². The molecule has 0 bridgehead atoms. The third-order valence-corrected chi connectivity index (χ3v) is 5.90. The van der Waals surface area contributed by atoms with Gasteiger partial charge in [0.15, 0.2) is 0 Å². The first-order valence-corrected chi connectivity index (χ1v) is 8.94. The van der Waals surface area contributed by atoms with E-state index in [9.17, 15) is 31.5 Å². The van der Waals surface area contributed by atoms with Crippen LogP contribution in [0, 0.1) is 5.41 Å². The Morgan fingerprint density at radius 3 is 2.57 bits per heavy atom. The van der Waals surface area contributed by atoms with E-state index in [0.29, 0.717) is 11.3 Å². The second-order valence-corrected chi connectivity index (χ2v) is 7.90. The Bertz CT molecular complexity index is 964. The highest BCUT2D eigenvalue weighted by Crippen LogP contribution is 2.44. The number of fused-ring (bicyclic) bond motifs is 1. The van der Waals surface area contributed by atoms with Crippen molar-refractivity contribution in [3.05, 3.63) is 28.6 Å². The molecule has 2 aliphatic rings. The van der Waals surface area contributed by atoms with E-state index >= 15 is 0 Å². The fourth-order valence-corrected chi connectivity index (χ4v) is 4.77. The lowest BCUT2D eigenvalue weighted by Crippen LogP contribution is -2.58. The van der Waals surface area contributed by atoms with Crippen LogP contribution in [0.1, 0.15) is 28.1 Å². The van der Waals surface area contributed by atoms with Gasteiger partial charge in [0.2, 0.25) is 0 Å². The molecule has 11 heteroatoms. The Balaban J connectivity index is 1.63. The first kappa shape index (κ1) is 18.9. The average Bonchev–Trinajstić information content (AvgIpc) is 3.11. The average molecular weight is 421 g/mol. The topological polar surface area (TPSA) is 55.8 Å². The molecule has 2 fully saturated rings. The molecule has 4 rings (SSSR count). The summed E-state index contributed by atoms with van der Waals surface area (Å²) in [5.74, 6) is -1.55. The molecule has 0 saturated carbocycles. The summed E-state index contributed by atoms with van der Waals surface area (Å²) in [4.78, 5) is 25.1. The maximum atomic E-state index is 13.6. The minimum absolute atomic E-state index is 0.00693. The van der Waals surface area contributed by atoms with Crippen LogP contribution in [-0.2, 0) is 9.53 Å². The maximum Gasteiger partial charge on any atom is 0.573 e. The number of benzene rings is 1. The molecule has 1 spiro atoms. The number of esters is 1. The minimum Gasteiger partial charge on any atom is -0.465 e. The molecular formula is C17H12F5NO4S. The van der Waals surface area contributed by atoms with Crippen LogP contribution >= 0.6 is 11.3 Å². The zero-order chi connectivity index (χ0) is 20.3. The van der Waals surface area contributed by atoms with Crippen molar-refractivity contribution in [1.29, 1.82) is 0 Å². The lowest BCUT2D eigenvalue weighted by molar-refractivity contribution is -0.274. The normalized spacial score (nSPS) is 18.6. The van der Waals surface area contributed by atoms with Crippen molar-refractivity contribution in [2.75, 3.05) is 19.7 Å². The van der Waals surface area contributed by atoms with Crippen LogP contribution in [0.4, 0.5) is 22.0 Å². The van der Waals surface area contributed by atoms with Crippen LogP contribution in [0.3, 0.4) is 0 Å². The lowest BCUT2D eigenvalue weighted by atomic mass is 9.79. The Kier molecular flexibility index (Phi) is 4.25. The first-order chi connectivity index (χ1) is 13.1. The van der Waals surface area contributed by atoms with E-state index in [4.69, 9.17) is 4.74 Å². The van der Waals surface area contributed by atoms with Gasteiger partial charge in [-0.2, -0.15) is 0 Å². The smallest absolute Gasteiger partial charge is 0.465 e. The van der Waals surface area contributed by atoms with E-state index in [2.05, 4.69) is 4.74 Å². The standard InChI is InChI=1S/C17H12F5NO4S/c18-14(19)12-9-2-1-8(27-17(20,21)22)3-10(9)28-13(12)15(25)23-5-16(6-23)4-11(24)26-7-16/h1-3,14H,4-7H2. The Morgan fingerprint density at radius 1 is 1.29 bits per heavy atom. The number of thiophene rings is 1. The second-order valence-electron chi connectivity index (χ2n) is 6.85. The van der Waals surface area contributed by atoms with Crippen molar-refractivity contribution >= 4 is 33.3 Å². The van der Waals surface area contributed by atoms with E-state index in [1.165, 1.54) is 4.90 Å². The largest absolute Gasteiger partial charge is 0.573 e. The van der Waals surface area contributed by atoms with Gasteiger partial charge in [-0.05, 0) is 18.2 Å². The lowest BCUT2D eigenvalue weighted by Gasteiger charge is -2.45. The number of amides is 1. The maximum absolute atomic E-state index is 13.6. The van der Waals surface area contributed by atoms with E-state index in [1.807, 2.05) is 0 Å². The molecule has 5 nitrogen and oxygen atoms in total. The highest BCUT2D eigenvalue weighted by molar-refractivity contribution is 7.21. The van der Waals surface area contributed by atoms with Crippen LogP contribution in [-0.4, -0.2) is 42.8 Å². The number of hydrogen-bond donors (Lipinski definition) is 0. The quantitative estimate of drug-likeness (QED) is 0.553. The Labute approximate surface area is 158 Å². The highest BCUT2D eigenvalue weighted by Gasteiger charge is 2.52. The first-order valence-electron chi connectivity index (χ1n) is 8.12. The number of nitrogens with zero attached hydrogens (tertiary/aromatic N) is 1. The second kappa shape index (κ2) is 6.29. The molecule has 2 aliphatic heterocycles. The van der Waals surface area contributed by atoms with E-state index in [0.717, 1.165) is 18.2 Å². The molecule has 0 N–H and O–H groups in total. The molecule has 3 heterocycles. The number of carbonyl (C=O) groups is 2. The summed E-state index contributed by atoms with van der Waals surface area (Å²) >= 11 is 0.693. The van der Waals surface area contributed by atoms with Gasteiger partial charge in [-0.25, -0.2) is 8.78 Å². The third kappa shape index (κ3) is 3.27. The Morgan fingerprint density at radius 2 is 2.00 bits per heavy atom. The summed E-state index contributed by atoms with van der Waals surface area (Å²) in [6.07, 6.45) is -7.72. The van der Waals surface area contributed by atoms with Crippen LogP contribution < -0.4 is 4.74 Å². The molecule has 1 aromatic carbocycles. The molecule has 150 valence electrons. The summed E-state index contributed by atoms with van der Waals surface area (Å²) in [7, 11) is 0. The molecule has 28 heavy (non-hydrogen) atoms. The molecule has 1 aromatic heterocycles. The van der Waals surface area contributed by atoms with Gasteiger partial charge < -0.3 is 14.4 Å². The summed E-state index contributed by atoms with van der Waals surface area (Å²) in [5.41, 5.74) is -0.981. The molecule has 1 amide bonds. The number of alkyl halides is 5. The van der Waals surface area contributed by atoms with Gasteiger partial charge >= 0.3 is 12.3 Å². The third-order valence-electron chi connectivity index (χ3n) is 4.74. The molecular weight excluding hydrogens is 409 g/mol. The van der Waals surface area contributed by atoms with Crippen molar-refractivity contribution in [3.8, 4) is 5.75 Å². The van der Waals surface area contributed by atoms with Crippen molar-refractivity contribution in [1.82, 2.24) is 4.90 Å². The summed E-state index contributed by atoms with van der Waals surface area (Å²) in [5, 5.41) is 0.00693. The molecule has 0 aliphatic carbocycles. The van der Waals surface area contributed by atoms with Gasteiger partial charge in [-0.1, -0.05) is 0 Å². The van der Waals surface area contributed by atoms with Gasteiger partial charge in [-0.15, -0.1) is 24.5 Å². The van der Waals surface area contributed by atoms with Crippen LogP contribution in [0.5, 0.6) is 5.75 Å². The van der Waals surface area contributed by atoms with Gasteiger partial charge in [0.25, 0.3) is 12.3 Å². The van der Waals surface area contributed by atoms with Gasteiger partial charge in [0.05, 0.1) is 11.8 Å². The highest BCUT2D eigenvalue weighted by atomic mass is 32.1. The Hall–Kier alpha value is -2.43. The zero-order valence-corrected chi connectivity index (χ0v) is 14.8. The predicted molar refractivity (Wildman–Crippen MR) is 87.4 cm³/mol. The molecule has 0 radical (unpaired) electrons. The van der Waals surface area contributed by atoms with E-state index in [1.54, 1.807) is 0 Å². The van der Waals surface area contributed by atoms with Gasteiger partial charge in [-0.3, -0.25) is 9.59 Å². The molecule has 2 saturated heterocycles. The summed E-state index contributed by atoms with van der Waals surface area (Å²) < 4.78 is 73.2. The van der Waals surface area contributed by atoms with Crippen molar-refractivity contribution in [2.24, 2.45) is 5.41 Å². The molecule has 2 aromatic rings. The van der Waals surface area contributed by atoms with Crippen molar-refractivity contribution in [3.63, 3.8) is 0 Å². The predicted octanol–water partition coefficient (Wildman–Crippen LogP) is 4.13. The summed E-state index contributed by atoms with van der Waals surface area (Å²) in [6, 6.07) is 3.01. The number of carbonyl (C=O) groups excluding carboxylic acids is 2. The van der Waals surface area contributed by atoms with Crippen LogP contribution in [0.15, 0.2) is 18.2 Å². The number of cyclic esters (lactones) is 1. The summed E-state index contributed by atoms with van der Waals surface area (Å²) in [6.45, 7) is 0.593. The zero-order valence-electron chi connectivity index (χ0n) is 14.0. The monoisotopic (exact) mass is 421 g/mol. The minimum atomic E-state index is -4.91. The number of rotatable bonds is 3. The number of ether oxygens (including phenoxy) is 2. The SMILES string of the molecule is O=C1CC2(CO1)CN(C(=O)c1sc3cc(OC(F)(F)F)ccc3c1C(F)F)C2. The van der Waals surface area contributed by atoms with Crippen molar-refractivity contribution < 1.29 is 41.0 Å². The van der Waals surface area contributed by atoms with Crippen molar-refractivity contribution in [2.45, 2.75) is 19.2 Å². The van der Waals surface area contributed by atoms with Crippen LogP contribution in [0.25, 0.3) is 10.1 Å². The van der Waals surface area contributed by atoms with Gasteiger partial charge in [0.1, 0.15) is 17.2 Å². The van der Waals surface area contributed by atoms with E-state index in [-0.39, 0.29) is 47.0 Å².